The minimum Gasteiger partial charge on any atom is -0.494 e. The van der Waals surface area contributed by atoms with Crippen LogP contribution in [0.3, 0.4) is 0 Å². The summed E-state index contributed by atoms with van der Waals surface area (Å²) in [5.41, 5.74) is -2.81. The lowest BCUT2D eigenvalue weighted by Crippen LogP contribution is -2.47. The van der Waals surface area contributed by atoms with Gasteiger partial charge in [-0.3, -0.25) is 14.7 Å². The number of halogens is 5. The molecule has 0 saturated carbocycles. The highest BCUT2D eigenvalue weighted by molar-refractivity contribution is 5.66. The molecule has 4 aromatic rings. The fraction of sp³-hybridized carbons (Fsp3) is 0.300. The fourth-order valence-electron chi connectivity index (χ4n) is 4.57. The van der Waals surface area contributed by atoms with Gasteiger partial charge in [-0.2, -0.15) is 17.9 Å². The number of rotatable bonds is 11. The van der Waals surface area contributed by atoms with Gasteiger partial charge in [-0.25, -0.2) is 8.78 Å². The molecule has 0 fully saturated rings. The highest BCUT2D eigenvalue weighted by Gasteiger charge is 2.37. The summed E-state index contributed by atoms with van der Waals surface area (Å²) in [6, 6.07) is 15.6. The first-order chi connectivity index (χ1) is 20.4. The summed E-state index contributed by atoms with van der Waals surface area (Å²) in [6.07, 6.45) is -4.79. The smallest absolute Gasteiger partial charge is 0.416 e. The van der Waals surface area contributed by atoms with Crippen molar-refractivity contribution in [3.05, 3.63) is 101 Å². The second-order valence-electron chi connectivity index (χ2n) is 9.83. The van der Waals surface area contributed by atoms with E-state index in [2.05, 4.69) is 5.32 Å². The number of hydrogen-bond donors (Lipinski definition) is 2. The number of carboxylic acid groups (broad SMARTS) is 1. The number of alkyl halides is 3. The molecule has 8 nitrogen and oxygen atoms in total. The van der Waals surface area contributed by atoms with Gasteiger partial charge in [-0.1, -0.05) is 42.5 Å². The van der Waals surface area contributed by atoms with E-state index in [0.717, 1.165) is 27.9 Å². The van der Waals surface area contributed by atoms with Crippen LogP contribution in [-0.4, -0.2) is 34.4 Å². The number of carbonyl (C=O) groups is 1. The van der Waals surface area contributed by atoms with Gasteiger partial charge in [-0.05, 0) is 61.6 Å². The maximum absolute atomic E-state index is 15.5. The molecule has 0 aliphatic carbocycles. The predicted molar refractivity (Wildman–Crippen MR) is 146 cm³/mol. The van der Waals surface area contributed by atoms with Crippen molar-refractivity contribution in [3.63, 3.8) is 0 Å². The van der Waals surface area contributed by atoms with Crippen LogP contribution in [0.4, 0.5) is 22.0 Å². The molecule has 2 N–H and O–H groups in total. The summed E-state index contributed by atoms with van der Waals surface area (Å²) in [4.78, 5) is 12.0. The van der Waals surface area contributed by atoms with Gasteiger partial charge >= 0.3 is 12.1 Å². The second-order valence-corrected chi connectivity index (χ2v) is 9.83. The first kappa shape index (κ1) is 31.4. The SMILES string of the molecule is COc1cccc(-c2on([C@@](C)(NCCCC(=O)O)c3ccccc3)on(Cc3c(F)cccc3C(F)(F)F)c2C)c1F. The highest BCUT2D eigenvalue weighted by atomic mass is 19.4. The molecule has 230 valence electrons. The Morgan fingerprint density at radius 3 is 2.37 bits per heavy atom. The molecule has 0 radical (unpaired) electrons. The first-order valence-electron chi connectivity index (χ1n) is 13.2. The Hall–Kier alpha value is -4.52. The van der Waals surface area contributed by atoms with Crippen LogP contribution in [0.25, 0.3) is 11.3 Å². The Labute approximate surface area is 243 Å². The molecule has 0 amide bonds. The molecule has 3 aromatic carbocycles. The Morgan fingerprint density at radius 2 is 1.72 bits per heavy atom. The summed E-state index contributed by atoms with van der Waals surface area (Å²) in [7, 11) is 1.28. The third kappa shape index (κ3) is 6.77. The highest BCUT2D eigenvalue weighted by Crippen LogP contribution is 2.36. The molecule has 0 saturated heterocycles. The van der Waals surface area contributed by atoms with E-state index in [1.54, 1.807) is 37.3 Å². The van der Waals surface area contributed by atoms with E-state index >= 15 is 4.39 Å². The maximum atomic E-state index is 15.5. The van der Waals surface area contributed by atoms with Crippen molar-refractivity contribution in [2.45, 2.75) is 45.1 Å². The predicted octanol–water partition coefficient (Wildman–Crippen LogP) is 7.10. The molecular formula is C30H30F5N3O5. The Balaban J connectivity index is 1.98. The molecule has 0 aliphatic rings. The minimum absolute atomic E-state index is 0.0427. The Kier molecular flexibility index (Phi) is 9.34. The topological polar surface area (TPSA) is 94.7 Å². The van der Waals surface area contributed by atoms with E-state index in [4.69, 9.17) is 19.0 Å². The summed E-state index contributed by atoms with van der Waals surface area (Å²) >= 11 is 0. The molecule has 0 aliphatic heterocycles. The largest absolute Gasteiger partial charge is 0.494 e. The summed E-state index contributed by atoms with van der Waals surface area (Å²) in [6.45, 7) is 2.48. The molecule has 0 spiro atoms. The van der Waals surface area contributed by atoms with Gasteiger partial charge in [0.05, 0.1) is 30.5 Å². The van der Waals surface area contributed by atoms with Crippen molar-refractivity contribution in [3.8, 4) is 17.1 Å². The average molecular weight is 608 g/mol. The van der Waals surface area contributed by atoms with Crippen LogP contribution in [0.1, 0.15) is 42.1 Å². The third-order valence-electron chi connectivity index (χ3n) is 6.94. The fourth-order valence-corrected chi connectivity index (χ4v) is 4.57. The Bertz CT molecular complexity index is 1620. The normalized spacial score (nSPS) is 13.0. The van der Waals surface area contributed by atoms with Crippen LogP contribution >= 0.6 is 0 Å². The van der Waals surface area contributed by atoms with E-state index in [1.165, 1.54) is 32.2 Å². The van der Waals surface area contributed by atoms with E-state index < -0.39 is 47.1 Å². The van der Waals surface area contributed by atoms with E-state index in [-0.39, 0.29) is 42.2 Å². The number of carboxylic acids is 1. The van der Waals surface area contributed by atoms with Crippen LogP contribution in [-0.2, 0) is 23.2 Å². The van der Waals surface area contributed by atoms with Gasteiger partial charge in [-0.15, -0.1) is 0 Å². The van der Waals surface area contributed by atoms with Gasteiger partial charge in [0.1, 0.15) is 5.82 Å². The number of nitrogens with zero attached hydrogens (tertiary/aromatic N) is 2. The molecule has 13 heteroatoms. The number of nitrogens with one attached hydrogen (secondary N) is 1. The van der Waals surface area contributed by atoms with Gasteiger partial charge in [0.25, 0.3) is 0 Å². The van der Waals surface area contributed by atoms with Crippen LogP contribution in [0.15, 0.2) is 75.9 Å². The molecular weight excluding hydrogens is 577 g/mol. The first-order valence-corrected chi connectivity index (χ1v) is 13.2. The van der Waals surface area contributed by atoms with Gasteiger partial charge in [0.15, 0.2) is 23.0 Å². The number of hydrogen-bond acceptors (Lipinski definition) is 5. The lowest BCUT2D eigenvalue weighted by Gasteiger charge is -2.32. The molecule has 0 bridgehead atoms. The molecule has 1 atom stereocenters. The zero-order valence-electron chi connectivity index (χ0n) is 23.5. The van der Waals surface area contributed by atoms with Crippen LogP contribution < -0.4 is 10.1 Å². The summed E-state index contributed by atoms with van der Waals surface area (Å²) < 4.78 is 90.3. The minimum atomic E-state index is -4.87. The lowest BCUT2D eigenvalue weighted by atomic mass is 10.0. The molecule has 0 unspecified atom stereocenters. The molecule has 1 aromatic heterocycles. The standard InChI is InChI=1S/C30H30F5N3O5/c1-19-28(21-12-7-15-25(41-3)27(21)32)42-38(29(2,20-10-5-4-6-11-20)36-17-9-16-26(39)40)43-37(19)18-22-23(30(33,34)35)13-8-14-24(22)31/h4-8,10-15,36H,9,16-18H2,1-3H3,(H,39,40)/t29-/m1/s1. The van der Waals surface area contributed by atoms with Gasteiger partial charge in [0.2, 0.25) is 0 Å². The van der Waals surface area contributed by atoms with Crippen molar-refractivity contribution >= 4 is 5.97 Å². The van der Waals surface area contributed by atoms with E-state index in [1.807, 2.05) is 0 Å². The third-order valence-corrected chi connectivity index (χ3v) is 6.94. The van der Waals surface area contributed by atoms with Crippen molar-refractivity contribution < 1.29 is 45.7 Å². The quantitative estimate of drug-likeness (QED) is 0.140. The number of aromatic nitrogens is 2. The van der Waals surface area contributed by atoms with E-state index in [0.29, 0.717) is 5.56 Å². The number of ether oxygens (including phenoxy) is 1. The number of aliphatic carboxylic acids is 1. The summed E-state index contributed by atoms with van der Waals surface area (Å²) in [5.74, 6) is -3.17. The maximum Gasteiger partial charge on any atom is 0.416 e. The molecule has 4 rings (SSSR count). The van der Waals surface area contributed by atoms with Crippen LogP contribution in [0.2, 0.25) is 0 Å². The molecule has 1 heterocycles. The zero-order valence-corrected chi connectivity index (χ0v) is 23.5. The van der Waals surface area contributed by atoms with Gasteiger partial charge in [0, 0.05) is 12.0 Å². The monoisotopic (exact) mass is 607 g/mol. The van der Waals surface area contributed by atoms with Crippen molar-refractivity contribution in [2.24, 2.45) is 0 Å². The number of benzene rings is 3. The molecule has 43 heavy (non-hydrogen) atoms. The van der Waals surface area contributed by atoms with Crippen molar-refractivity contribution in [1.29, 1.82) is 0 Å². The van der Waals surface area contributed by atoms with E-state index in [9.17, 15) is 22.4 Å². The summed E-state index contributed by atoms with van der Waals surface area (Å²) in [5, 5.41) is 12.3. The average Bonchev–Trinajstić information content (AvgIpc) is 2.97. The lowest BCUT2D eigenvalue weighted by molar-refractivity contribution is -0.139. The van der Waals surface area contributed by atoms with Crippen molar-refractivity contribution in [1.82, 2.24) is 15.0 Å². The second kappa shape index (κ2) is 12.8. The van der Waals surface area contributed by atoms with Crippen LogP contribution in [0, 0.1) is 18.6 Å². The zero-order chi connectivity index (χ0) is 31.4. The van der Waals surface area contributed by atoms with Crippen molar-refractivity contribution in [2.75, 3.05) is 13.7 Å². The Morgan fingerprint density at radius 1 is 1.02 bits per heavy atom. The number of methoxy groups -OCH3 is 1. The van der Waals surface area contributed by atoms with Gasteiger partial charge < -0.3 is 14.4 Å². The van der Waals surface area contributed by atoms with Crippen LogP contribution in [0.5, 0.6) is 5.75 Å².